The van der Waals surface area contributed by atoms with Gasteiger partial charge in [-0.2, -0.15) is 5.10 Å². The SMILES string of the molecule is CC(C)c1ccccc1-n1nc(C(=O)O)c2c1CCOC2. The maximum Gasteiger partial charge on any atom is 0.356 e. The molecule has 0 spiro atoms. The molecule has 0 fully saturated rings. The summed E-state index contributed by atoms with van der Waals surface area (Å²) in [7, 11) is 0. The molecule has 1 aliphatic heterocycles. The number of hydrogen-bond donors (Lipinski definition) is 1. The molecule has 5 heteroatoms. The molecule has 0 saturated carbocycles. The first-order valence-electron chi connectivity index (χ1n) is 7.10. The van der Waals surface area contributed by atoms with Crippen LogP contribution in [-0.4, -0.2) is 27.5 Å². The lowest BCUT2D eigenvalue weighted by Gasteiger charge is -2.18. The van der Waals surface area contributed by atoms with Gasteiger partial charge < -0.3 is 9.84 Å². The van der Waals surface area contributed by atoms with Crippen LogP contribution in [0.1, 0.15) is 47.1 Å². The second-order valence-corrected chi connectivity index (χ2v) is 5.51. The Kier molecular flexibility index (Phi) is 3.51. The van der Waals surface area contributed by atoms with Crippen LogP contribution >= 0.6 is 0 Å². The number of ether oxygens (including phenoxy) is 1. The lowest BCUT2D eigenvalue weighted by atomic mass is 10.0. The van der Waals surface area contributed by atoms with Crippen molar-refractivity contribution in [2.45, 2.75) is 32.8 Å². The van der Waals surface area contributed by atoms with Gasteiger partial charge in [0.25, 0.3) is 0 Å². The first-order chi connectivity index (χ1) is 10.1. The fourth-order valence-corrected chi connectivity index (χ4v) is 2.78. The number of aromatic nitrogens is 2. The highest BCUT2D eigenvalue weighted by molar-refractivity contribution is 5.87. The number of carboxylic acid groups (broad SMARTS) is 1. The first-order valence-corrected chi connectivity index (χ1v) is 7.10. The Morgan fingerprint density at radius 3 is 2.86 bits per heavy atom. The van der Waals surface area contributed by atoms with Crippen LogP contribution < -0.4 is 0 Å². The van der Waals surface area contributed by atoms with Gasteiger partial charge in [-0.3, -0.25) is 0 Å². The number of carbonyl (C=O) groups is 1. The maximum absolute atomic E-state index is 11.4. The van der Waals surface area contributed by atoms with Gasteiger partial charge in [0.15, 0.2) is 5.69 Å². The van der Waals surface area contributed by atoms with Gasteiger partial charge in [-0.15, -0.1) is 0 Å². The average Bonchev–Trinajstić information content (AvgIpc) is 2.87. The summed E-state index contributed by atoms with van der Waals surface area (Å²) in [6.45, 7) is 5.16. The molecule has 0 radical (unpaired) electrons. The number of fused-ring (bicyclic) bond motifs is 1. The minimum atomic E-state index is -1.00. The molecule has 5 nitrogen and oxygen atoms in total. The van der Waals surface area contributed by atoms with E-state index in [1.54, 1.807) is 4.68 Å². The number of hydrogen-bond acceptors (Lipinski definition) is 3. The highest BCUT2D eigenvalue weighted by Crippen LogP contribution is 2.28. The molecule has 3 rings (SSSR count). The zero-order valence-electron chi connectivity index (χ0n) is 12.2. The standard InChI is InChI=1S/C16H18N2O3/c1-10(2)11-5-3-4-6-13(11)18-14-7-8-21-9-12(14)15(17-18)16(19)20/h3-6,10H,7-9H2,1-2H3,(H,19,20). The Hall–Kier alpha value is -2.14. The van der Waals surface area contributed by atoms with Gasteiger partial charge in [-0.1, -0.05) is 32.0 Å². The number of benzene rings is 1. The van der Waals surface area contributed by atoms with Crippen molar-refractivity contribution in [2.75, 3.05) is 6.61 Å². The fourth-order valence-electron chi connectivity index (χ4n) is 2.78. The molecular formula is C16H18N2O3. The molecule has 1 N–H and O–H groups in total. The molecule has 1 aliphatic rings. The summed E-state index contributed by atoms with van der Waals surface area (Å²) in [6, 6.07) is 8.00. The van der Waals surface area contributed by atoms with Crippen molar-refractivity contribution < 1.29 is 14.6 Å². The monoisotopic (exact) mass is 286 g/mol. The summed E-state index contributed by atoms with van der Waals surface area (Å²) in [5, 5.41) is 13.7. The highest BCUT2D eigenvalue weighted by atomic mass is 16.5. The van der Waals surface area contributed by atoms with Gasteiger partial charge >= 0.3 is 5.97 Å². The molecule has 0 atom stereocenters. The zero-order valence-corrected chi connectivity index (χ0v) is 12.2. The Labute approximate surface area is 123 Å². The molecule has 1 aromatic carbocycles. The first kappa shape index (κ1) is 13.8. The van der Waals surface area contributed by atoms with Crippen LogP contribution in [0.15, 0.2) is 24.3 Å². The normalized spacial score (nSPS) is 14.2. The van der Waals surface area contributed by atoms with Gasteiger partial charge in [-0.25, -0.2) is 9.48 Å². The van der Waals surface area contributed by atoms with Crippen molar-refractivity contribution >= 4 is 5.97 Å². The fraction of sp³-hybridized carbons (Fsp3) is 0.375. The summed E-state index contributed by atoms with van der Waals surface area (Å²) in [6.07, 6.45) is 0.683. The summed E-state index contributed by atoms with van der Waals surface area (Å²) < 4.78 is 7.19. The van der Waals surface area contributed by atoms with Gasteiger partial charge in [0.1, 0.15) is 0 Å². The van der Waals surface area contributed by atoms with Gasteiger partial charge in [0.2, 0.25) is 0 Å². The minimum absolute atomic E-state index is 0.100. The Balaban J connectivity index is 2.22. The van der Waals surface area contributed by atoms with E-state index in [1.165, 1.54) is 0 Å². The van der Waals surface area contributed by atoms with Crippen molar-refractivity contribution in [1.82, 2.24) is 9.78 Å². The quantitative estimate of drug-likeness (QED) is 0.942. The number of carboxylic acids is 1. The lowest BCUT2D eigenvalue weighted by molar-refractivity contribution is 0.0677. The van der Waals surface area contributed by atoms with E-state index in [-0.39, 0.29) is 5.69 Å². The smallest absolute Gasteiger partial charge is 0.356 e. The molecule has 0 bridgehead atoms. The predicted octanol–water partition coefficient (Wildman–Crippen LogP) is 2.77. The molecule has 21 heavy (non-hydrogen) atoms. The Morgan fingerprint density at radius 1 is 1.38 bits per heavy atom. The Morgan fingerprint density at radius 2 is 2.14 bits per heavy atom. The number of rotatable bonds is 3. The molecule has 2 heterocycles. The van der Waals surface area contributed by atoms with E-state index >= 15 is 0 Å². The van der Waals surface area contributed by atoms with Crippen LogP contribution in [0.3, 0.4) is 0 Å². The minimum Gasteiger partial charge on any atom is -0.476 e. The van der Waals surface area contributed by atoms with E-state index in [9.17, 15) is 9.90 Å². The van der Waals surface area contributed by atoms with Crippen LogP contribution in [0.5, 0.6) is 0 Å². The summed E-state index contributed by atoms with van der Waals surface area (Å²) in [5.74, 6) is -0.660. The van der Waals surface area contributed by atoms with E-state index in [1.807, 2.05) is 18.2 Å². The third-order valence-electron chi connectivity index (χ3n) is 3.81. The van der Waals surface area contributed by atoms with Crippen LogP contribution in [0.4, 0.5) is 0 Å². The van der Waals surface area contributed by atoms with E-state index in [0.717, 1.165) is 16.9 Å². The van der Waals surface area contributed by atoms with Crippen molar-refractivity contribution in [1.29, 1.82) is 0 Å². The topological polar surface area (TPSA) is 64.4 Å². The van der Waals surface area contributed by atoms with Crippen LogP contribution in [-0.2, 0) is 17.8 Å². The van der Waals surface area contributed by atoms with Crippen LogP contribution in [0, 0.1) is 0 Å². The van der Waals surface area contributed by atoms with Gasteiger partial charge in [-0.05, 0) is 17.5 Å². The average molecular weight is 286 g/mol. The summed E-state index contributed by atoms with van der Waals surface area (Å²) in [4.78, 5) is 11.4. The summed E-state index contributed by atoms with van der Waals surface area (Å²) >= 11 is 0. The van der Waals surface area contributed by atoms with Crippen molar-refractivity contribution in [3.63, 3.8) is 0 Å². The summed E-state index contributed by atoms with van der Waals surface area (Å²) in [5.41, 5.74) is 3.87. The third kappa shape index (κ3) is 2.34. The number of para-hydroxylation sites is 1. The molecular weight excluding hydrogens is 268 g/mol. The zero-order chi connectivity index (χ0) is 15.0. The second kappa shape index (κ2) is 5.33. The molecule has 2 aromatic rings. The van der Waals surface area contributed by atoms with E-state index < -0.39 is 5.97 Å². The number of nitrogens with zero attached hydrogens (tertiary/aromatic N) is 2. The van der Waals surface area contributed by atoms with E-state index in [0.29, 0.717) is 31.1 Å². The Bertz CT molecular complexity index is 689. The van der Waals surface area contributed by atoms with Gasteiger partial charge in [0.05, 0.1) is 24.6 Å². The molecule has 0 saturated heterocycles. The van der Waals surface area contributed by atoms with Crippen LogP contribution in [0.25, 0.3) is 5.69 Å². The number of aromatic carboxylic acids is 1. The molecule has 110 valence electrons. The van der Waals surface area contributed by atoms with E-state index in [2.05, 4.69) is 25.0 Å². The lowest BCUT2D eigenvalue weighted by Crippen LogP contribution is -2.14. The largest absolute Gasteiger partial charge is 0.476 e. The van der Waals surface area contributed by atoms with Crippen molar-refractivity contribution in [3.8, 4) is 5.69 Å². The van der Waals surface area contributed by atoms with E-state index in [4.69, 9.17) is 4.74 Å². The van der Waals surface area contributed by atoms with Gasteiger partial charge in [0, 0.05) is 12.0 Å². The predicted molar refractivity (Wildman–Crippen MR) is 78.0 cm³/mol. The van der Waals surface area contributed by atoms with Crippen LogP contribution in [0.2, 0.25) is 0 Å². The molecule has 0 amide bonds. The van der Waals surface area contributed by atoms with Crippen molar-refractivity contribution in [3.05, 3.63) is 46.8 Å². The maximum atomic E-state index is 11.4. The highest BCUT2D eigenvalue weighted by Gasteiger charge is 2.26. The molecule has 1 aromatic heterocycles. The third-order valence-corrected chi connectivity index (χ3v) is 3.81. The van der Waals surface area contributed by atoms with Crippen molar-refractivity contribution in [2.24, 2.45) is 0 Å². The second-order valence-electron chi connectivity index (χ2n) is 5.51. The molecule has 0 aliphatic carbocycles. The molecule has 0 unspecified atom stereocenters.